The zero-order chi connectivity index (χ0) is 9.42. The van der Waals surface area contributed by atoms with E-state index in [9.17, 15) is 0 Å². The third-order valence-corrected chi connectivity index (χ3v) is 2.93. The van der Waals surface area contributed by atoms with Gasteiger partial charge in [0.2, 0.25) is 0 Å². The van der Waals surface area contributed by atoms with Crippen LogP contribution in [0.15, 0.2) is 6.20 Å². The Morgan fingerprint density at radius 3 is 2.77 bits per heavy atom. The van der Waals surface area contributed by atoms with E-state index < -0.39 is 0 Å². The SMILES string of the molecule is CCC(C1CC1)n1ncc(C)c1N. The number of rotatable bonds is 3. The number of hydrogen-bond acceptors (Lipinski definition) is 2. The molecule has 0 aliphatic heterocycles. The van der Waals surface area contributed by atoms with Gasteiger partial charge < -0.3 is 5.73 Å². The monoisotopic (exact) mass is 179 g/mol. The van der Waals surface area contributed by atoms with Crippen molar-refractivity contribution in [3.05, 3.63) is 11.8 Å². The first-order valence-electron chi connectivity index (χ1n) is 5.03. The lowest BCUT2D eigenvalue weighted by Crippen LogP contribution is -2.14. The average Bonchev–Trinajstić information content (AvgIpc) is 2.89. The minimum Gasteiger partial charge on any atom is -0.384 e. The lowest BCUT2D eigenvalue weighted by molar-refractivity contribution is 0.399. The van der Waals surface area contributed by atoms with Gasteiger partial charge in [0.1, 0.15) is 5.82 Å². The zero-order valence-electron chi connectivity index (χ0n) is 8.33. The van der Waals surface area contributed by atoms with Crippen LogP contribution in [0.2, 0.25) is 0 Å². The summed E-state index contributed by atoms with van der Waals surface area (Å²) in [6.45, 7) is 4.22. The normalized spacial score (nSPS) is 18.9. The molecule has 1 saturated carbocycles. The Balaban J connectivity index is 2.26. The molecule has 72 valence electrons. The van der Waals surface area contributed by atoms with Gasteiger partial charge in [-0.25, -0.2) is 4.68 Å². The summed E-state index contributed by atoms with van der Waals surface area (Å²) in [5.41, 5.74) is 7.04. The Labute approximate surface area is 78.9 Å². The largest absolute Gasteiger partial charge is 0.384 e. The van der Waals surface area contributed by atoms with Gasteiger partial charge in [0.15, 0.2) is 0 Å². The van der Waals surface area contributed by atoms with E-state index in [1.807, 2.05) is 17.8 Å². The van der Waals surface area contributed by atoms with Gasteiger partial charge in [-0.05, 0) is 32.1 Å². The average molecular weight is 179 g/mol. The molecule has 1 aliphatic rings. The van der Waals surface area contributed by atoms with Crippen LogP contribution in [0, 0.1) is 12.8 Å². The van der Waals surface area contributed by atoms with Gasteiger partial charge in [0, 0.05) is 5.56 Å². The maximum Gasteiger partial charge on any atom is 0.124 e. The summed E-state index contributed by atoms with van der Waals surface area (Å²) in [6, 6.07) is 0.536. The van der Waals surface area contributed by atoms with Crippen LogP contribution in [0.25, 0.3) is 0 Å². The number of anilines is 1. The molecule has 3 heteroatoms. The number of nitrogens with two attached hydrogens (primary N) is 1. The number of aromatic nitrogens is 2. The van der Waals surface area contributed by atoms with Crippen molar-refractivity contribution in [3.63, 3.8) is 0 Å². The van der Waals surface area contributed by atoms with Crippen LogP contribution in [-0.4, -0.2) is 9.78 Å². The van der Waals surface area contributed by atoms with Gasteiger partial charge in [0.25, 0.3) is 0 Å². The van der Waals surface area contributed by atoms with E-state index >= 15 is 0 Å². The Morgan fingerprint density at radius 2 is 2.38 bits per heavy atom. The first kappa shape index (κ1) is 8.60. The Morgan fingerprint density at radius 1 is 1.69 bits per heavy atom. The second-order valence-corrected chi connectivity index (χ2v) is 3.97. The first-order valence-corrected chi connectivity index (χ1v) is 5.03. The maximum absolute atomic E-state index is 5.95. The second kappa shape index (κ2) is 3.05. The van der Waals surface area contributed by atoms with Crippen LogP contribution < -0.4 is 5.73 Å². The summed E-state index contributed by atoms with van der Waals surface area (Å²) in [7, 11) is 0. The van der Waals surface area contributed by atoms with E-state index in [-0.39, 0.29) is 0 Å². The highest BCUT2D eigenvalue weighted by molar-refractivity contribution is 5.37. The van der Waals surface area contributed by atoms with Crippen molar-refractivity contribution in [2.24, 2.45) is 5.92 Å². The fourth-order valence-electron chi connectivity index (χ4n) is 1.91. The van der Waals surface area contributed by atoms with Crippen molar-refractivity contribution in [1.29, 1.82) is 0 Å². The Bertz CT molecular complexity index is 299. The molecule has 1 heterocycles. The van der Waals surface area contributed by atoms with Crippen LogP contribution in [0.3, 0.4) is 0 Å². The predicted octanol–water partition coefficient (Wildman–Crippen LogP) is 2.13. The van der Waals surface area contributed by atoms with E-state index in [0.717, 1.165) is 23.7 Å². The molecule has 2 rings (SSSR count). The van der Waals surface area contributed by atoms with Crippen molar-refractivity contribution in [2.45, 2.75) is 39.2 Å². The fraction of sp³-hybridized carbons (Fsp3) is 0.700. The first-order chi connectivity index (χ1) is 6.24. The van der Waals surface area contributed by atoms with E-state index in [0.29, 0.717) is 6.04 Å². The molecule has 13 heavy (non-hydrogen) atoms. The third-order valence-electron chi connectivity index (χ3n) is 2.93. The number of hydrogen-bond donors (Lipinski definition) is 1. The summed E-state index contributed by atoms with van der Waals surface area (Å²) in [6.07, 6.45) is 5.68. The van der Waals surface area contributed by atoms with E-state index in [1.165, 1.54) is 12.8 Å². The molecule has 2 N–H and O–H groups in total. The van der Waals surface area contributed by atoms with E-state index in [4.69, 9.17) is 5.73 Å². The zero-order valence-corrected chi connectivity index (χ0v) is 8.33. The highest BCUT2D eigenvalue weighted by Crippen LogP contribution is 2.42. The van der Waals surface area contributed by atoms with Crippen molar-refractivity contribution in [3.8, 4) is 0 Å². The molecule has 1 aromatic rings. The van der Waals surface area contributed by atoms with Gasteiger partial charge in [-0.3, -0.25) is 0 Å². The molecule has 0 saturated heterocycles. The van der Waals surface area contributed by atoms with Crippen LogP contribution in [0.4, 0.5) is 5.82 Å². The van der Waals surface area contributed by atoms with Crippen molar-refractivity contribution in [1.82, 2.24) is 9.78 Å². The smallest absolute Gasteiger partial charge is 0.124 e. The maximum atomic E-state index is 5.95. The van der Waals surface area contributed by atoms with Gasteiger partial charge in [-0.15, -0.1) is 0 Å². The van der Waals surface area contributed by atoms with Gasteiger partial charge in [-0.2, -0.15) is 5.10 Å². The molecule has 1 fully saturated rings. The summed E-state index contributed by atoms with van der Waals surface area (Å²) < 4.78 is 2.01. The summed E-state index contributed by atoms with van der Waals surface area (Å²) in [4.78, 5) is 0. The van der Waals surface area contributed by atoms with Crippen molar-refractivity contribution >= 4 is 5.82 Å². The molecule has 1 atom stereocenters. The molecular weight excluding hydrogens is 162 g/mol. The fourth-order valence-corrected chi connectivity index (χ4v) is 1.91. The van der Waals surface area contributed by atoms with Crippen LogP contribution in [0.5, 0.6) is 0 Å². The minimum atomic E-state index is 0.536. The molecule has 1 aliphatic carbocycles. The van der Waals surface area contributed by atoms with E-state index in [2.05, 4.69) is 12.0 Å². The molecule has 0 bridgehead atoms. The molecule has 0 aromatic carbocycles. The quantitative estimate of drug-likeness (QED) is 0.772. The Kier molecular flexibility index (Phi) is 2.02. The van der Waals surface area contributed by atoms with Crippen molar-refractivity contribution in [2.75, 3.05) is 5.73 Å². The minimum absolute atomic E-state index is 0.536. The number of nitrogen functional groups attached to an aromatic ring is 1. The highest BCUT2D eigenvalue weighted by atomic mass is 15.3. The Hall–Kier alpha value is -0.990. The summed E-state index contributed by atoms with van der Waals surface area (Å²) >= 11 is 0. The molecule has 0 radical (unpaired) electrons. The number of nitrogens with zero attached hydrogens (tertiary/aromatic N) is 2. The topological polar surface area (TPSA) is 43.8 Å². The van der Waals surface area contributed by atoms with E-state index in [1.54, 1.807) is 0 Å². The van der Waals surface area contributed by atoms with Gasteiger partial charge in [-0.1, -0.05) is 6.92 Å². The standard InChI is InChI=1S/C10H17N3/c1-3-9(8-4-5-8)13-10(11)7(2)6-12-13/h6,8-9H,3-5,11H2,1-2H3. The molecule has 1 aromatic heterocycles. The molecular formula is C10H17N3. The highest BCUT2D eigenvalue weighted by Gasteiger charge is 2.32. The van der Waals surface area contributed by atoms with Crippen LogP contribution >= 0.6 is 0 Å². The lowest BCUT2D eigenvalue weighted by atomic mass is 10.1. The molecule has 0 amide bonds. The molecule has 0 spiro atoms. The lowest BCUT2D eigenvalue weighted by Gasteiger charge is -2.16. The molecule has 3 nitrogen and oxygen atoms in total. The van der Waals surface area contributed by atoms with Crippen molar-refractivity contribution < 1.29 is 0 Å². The van der Waals surface area contributed by atoms with Crippen LogP contribution in [0.1, 0.15) is 37.8 Å². The third kappa shape index (κ3) is 1.43. The predicted molar refractivity (Wildman–Crippen MR) is 53.4 cm³/mol. The number of aryl methyl sites for hydroxylation is 1. The molecule has 1 unspecified atom stereocenters. The second-order valence-electron chi connectivity index (χ2n) is 3.97. The van der Waals surface area contributed by atoms with Gasteiger partial charge >= 0.3 is 0 Å². The summed E-state index contributed by atoms with van der Waals surface area (Å²) in [5.74, 6) is 1.67. The summed E-state index contributed by atoms with van der Waals surface area (Å²) in [5, 5.41) is 4.34. The van der Waals surface area contributed by atoms with Gasteiger partial charge in [0.05, 0.1) is 12.2 Å². The van der Waals surface area contributed by atoms with Crippen LogP contribution in [-0.2, 0) is 0 Å².